The maximum atomic E-state index is 12.7. The van der Waals surface area contributed by atoms with Crippen molar-refractivity contribution in [2.45, 2.75) is 38.6 Å². The fourth-order valence-corrected chi connectivity index (χ4v) is 2.98. The molecule has 0 saturated carbocycles. The lowest BCUT2D eigenvalue weighted by Gasteiger charge is -2.26. The van der Waals surface area contributed by atoms with Crippen LogP contribution in [0.15, 0.2) is 67.0 Å². The standard InChI is InChI=1S/C23H22F3N3O2/c1-22(2,12-16-8-10-18(11-9-16)23(24,25)26)29-21(30)19-13-28-20(14-27-19)31-15-17-6-4-3-5-7-17/h3-11,13-14H,12,15H2,1-2H3,(H,29,30). The van der Waals surface area contributed by atoms with Crippen LogP contribution in [0.5, 0.6) is 5.88 Å². The van der Waals surface area contributed by atoms with Gasteiger partial charge in [0.15, 0.2) is 0 Å². The number of nitrogens with zero attached hydrogens (tertiary/aromatic N) is 2. The van der Waals surface area contributed by atoms with E-state index >= 15 is 0 Å². The summed E-state index contributed by atoms with van der Waals surface area (Å²) in [5.41, 5.74) is 0.363. The summed E-state index contributed by atoms with van der Waals surface area (Å²) in [6, 6.07) is 14.5. The second-order valence-electron chi connectivity index (χ2n) is 7.72. The molecule has 0 atom stereocenters. The van der Waals surface area contributed by atoms with Crippen molar-refractivity contribution in [1.29, 1.82) is 0 Å². The summed E-state index contributed by atoms with van der Waals surface area (Å²) in [5.74, 6) is -0.136. The van der Waals surface area contributed by atoms with Gasteiger partial charge in [0, 0.05) is 5.54 Å². The SMILES string of the molecule is CC(C)(Cc1ccc(C(F)(F)F)cc1)NC(=O)c1cnc(OCc2ccccc2)cn1. The molecule has 0 spiro atoms. The lowest BCUT2D eigenvalue weighted by Crippen LogP contribution is -2.45. The first-order valence-corrected chi connectivity index (χ1v) is 9.60. The second-order valence-corrected chi connectivity index (χ2v) is 7.72. The van der Waals surface area contributed by atoms with Crippen molar-refractivity contribution in [3.63, 3.8) is 0 Å². The summed E-state index contributed by atoms with van der Waals surface area (Å²) in [4.78, 5) is 20.7. The molecule has 2 aromatic carbocycles. The van der Waals surface area contributed by atoms with Crippen molar-refractivity contribution in [2.24, 2.45) is 0 Å². The molecule has 8 heteroatoms. The van der Waals surface area contributed by atoms with E-state index in [1.165, 1.54) is 24.5 Å². The number of amides is 1. The Balaban J connectivity index is 1.56. The van der Waals surface area contributed by atoms with E-state index in [-0.39, 0.29) is 5.69 Å². The molecule has 3 aromatic rings. The molecule has 1 aromatic heterocycles. The number of aromatic nitrogens is 2. The van der Waals surface area contributed by atoms with E-state index in [4.69, 9.17) is 4.74 Å². The highest BCUT2D eigenvalue weighted by Gasteiger charge is 2.30. The first kappa shape index (κ1) is 22.3. The monoisotopic (exact) mass is 429 g/mol. The number of rotatable bonds is 7. The molecule has 0 unspecified atom stereocenters. The number of carbonyl (C=O) groups is 1. The van der Waals surface area contributed by atoms with Gasteiger partial charge in [-0.15, -0.1) is 0 Å². The number of alkyl halides is 3. The second kappa shape index (κ2) is 9.16. The molecule has 0 aliphatic rings. The summed E-state index contributed by atoms with van der Waals surface area (Å²) >= 11 is 0. The van der Waals surface area contributed by atoms with Gasteiger partial charge in [0.1, 0.15) is 12.3 Å². The molecule has 1 N–H and O–H groups in total. The number of halogens is 3. The van der Waals surface area contributed by atoms with E-state index in [1.54, 1.807) is 13.8 Å². The Kier molecular flexibility index (Phi) is 6.58. The highest BCUT2D eigenvalue weighted by molar-refractivity contribution is 5.92. The highest BCUT2D eigenvalue weighted by atomic mass is 19.4. The Morgan fingerprint density at radius 1 is 0.935 bits per heavy atom. The van der Waals surface area contributed by atoms with Crippen molar-refractivity contribution in [3.05, 3.63) is 89.4 Å². The van der Waals surface area contributed by atoms with Crippen LogP contribution in [0.25, 0.3) is 0 Å². The van der Waals surface area contributed by atoms with Crippen LogP contribution >= 0.6 is 0 Å². The van der Waals surface area contributed by atoms with Gasteiger partial charge in [0.05, 0.1) is 18.0 Å². The molecule has 5 nitrogen and oxygen atoms in total. The molecule has 0 aliphatic heterocycles. The van der Waals surface area contributed by atoms with Gasteiger partial charge >= 0.3 is 6.18 Å². The smallest absolute Gasteiger partial charge is 0.416 e. The third kappa shape index (κ3) is 6.53. The summed E-state index contributed by atoms with van der Waals surface area (Å²) in [6.45, 7) is 3.90. The van der Waals surface area contributed by atoms with E-state index in [1.807, 2.05) is 30.3 Å². The van der Waals surface area contributed by atoms with Crippen LogP contribution in [0.1, 0.15) is 41.0 Å². The summed E-state index contributed by atoms with van der Waals surface area (Å²) < 4.78 is 43.7. The Morgan fingerprint density at radius 3 is 2.19 bits per heavy atom. The average molecular weight is 429 g/mol. The van der Waals surface area contributed by atoms with Crippen molar-refractivity contribution in [1.82, 2.24) is 15.3 Å². The number of hydrogen-bond acceptors (Lipinski definition) is 4. The zero-order valence-electron chi connectivity index (χ0n) is 17.1. The van der Waals surface area contributed by atoms with Crippen LogP contribution in [0.2, 0.25) is 0 Å². The number of nitrogens with one attached hydrogen (secondary N) is 1. The van der Waals surface area contributed by atoms with E-state index < -0.39 is 23.2 Å². The molecule has 0 aliphatic carbocycles. The largest absolute Gasteiger partial charge is 0.472 e. The predicted octanol–water partition coefficient (Wildman–Crippen LogP) is 4.83. The normalized spacial score (nSPS) is 11.8. The lowest BCUT2D eigenvalue weighted by molar-refractivity contribution is -0.137. The molecule has 0 fully saturated rings. The average Bonchev–Trinajstić information content (AvgIpc) is 2.72. The van der Waals surface area contributed by atoms with Gasteiger partial charge < -0.3 is 10.1 Å². The number of benzene rings is 2. The van der Waals surface area contributed by atoms with E-state index in [9.17, 15) is 18.0 Å². The Hall–Kier alpha value is -3.42. The van der Waals surface area contributed by atoms with Gasteiger partial charge in [-0.3, -0.25) is 4.79 Å². The van der Waals surface area contributed by atoms with Crippen molar-refractivity contribution in [2.75, 3.05) is 0 Å². The van der Waals surface area contributed by atoms with Gasteiger partial charge in [-0.2, -0.15) is 13.2 Å². The fourth-order valence-electron chi connectivity index (χ4n) is 2.98. The molecule has 0 saturated heterocycles. The van der Waals surface area contributed by atoms with Crippen LogP contribution in [0.4, 0.5) is 13.2 Å². The third-order valence-electron chi connectivity index (χ3n) is 4.47. The minimum Gasteiger partial charge on any atom is -0.472 e. The van der Waals surface area contributed by atoms with Gasteiger partial charge in [-0.25, -0.2) is 9.97 Å². The van der Waals surface area contributed by atoms with E-state index in [0.717, 1.165) is 17.7 Å². The lowest BCUT2D eigenvalue weighted by atomic mass is 9.94. The van der Waals surface area contributed by atoms with Crippen molar-refractivity contribution < 1.29 is 22.7 Å². The van der Waals surface area contributed by atoms with Crippen LogP contribution in [-0.4, -0.2) is 21.4 Å². The maximum absolute atomic E-state index is 12.7. The number of hydrogen-bond donors (Lipinski definition) is 1. The minimum absolute atomic E-state index is 0.118. The first-order valence-electron chi connectivity index (χ1n) is 9.60. The molecular weight excluding hydrogens is 407 g/mol. The van der Waals surface area contributed by atoms with Crippen LogP contribution in [0.3, 0.4) is 0 Å². The molecular formula is C23H22F3N3O2. The van der Waals surface area contributed by atoms with Gasteiger partial charge in [0.25, 0.3) is 5.91 Å². The molecule has 1 amide bonds. The van der Waals surface area contributed by atoms with Crippen molar-refractivity contribution >= 4 is 5.91 Å². The number of ether oxygens (including phenoxy) is 1. The van der Waals surface area contributed by atoms with Crippen molar-refractivity contribution in [3.8, 4) is 5.88 Å². The molecule has 0 radical (unpaired) electrons. The van der Waals surface area contributed by atoms with E-state index in [0.29, 0.717) is 24.5 Å². The quantitative estimate of drug-likeness (QED) is 0.585. The van der Waals surface area contributed by atoms with Gasteiger partial charge in [-0.1, -0.05) is 42.5 Å². The fraction of sp³-hybridized carbons (Fsp3) is 0.261. The van der Waals surface area contributed by atoms with Crippen LogP contribution in [0, 0.1) is 0 Å². The summed E-state index contributed by atoms with van der Waals surface area (Å²) in [5, 5.41) is 2.84. The van der Waals surface area contributed by atoms with Crippen LogP contribution in [-0.2, 0) is 19.2 Å². The third-order valence-corrected chi connectivity index (χ3v) is 4.47. The molecule has 3 rings (SSSR count). The highest BCUT2D eigenvalue weighted by Crippen LogP contribution is 2.29. The summed E-state index contributed by atoms with van der Waals surface area (Å²) in [6.07, 6.45) is -1.33. The Morgan fingerprint density at radius 2 is 1.61 bits per heavy atom. The Bertz CT molecular complexity index is 1000. The number of carbonyl (C=O) groups excluding carboxylic acids is 1. The van der Waals surface area contributed by atoms with Gasteiger partial charge in [-0.05, 0) is 43.5 Å². The molecule has 162 valence electrons. The summed E-state index contributed by atoms with van der Waals surface area (Å²) in [7, 11) is 0. The maximum Gasteiger partial charge on any atom is 0.416 e. The minimum atomic E-state index is -4.38. The molecule has 0 bridgehead atoms. The van der Waals surface area contributed by atoms with Crippen LogP contribution < -0.4 is 10.1 Å². The van der Waals surface area contributed by atoms with E-state index in [2.05, 4.69) is 15.3 Å². The molecule has 31 heavy (non-hydrogen) atoms. The molecule has 1 heterocycles. The first-order chi connectivity index (χ1) is 14.6. The zero-order chi connectivity index (χ0) is 22.5. The topological polar surface area (TPSA) is 64.1 Å². The van der Waals surface area contributed by atoms with Gasteiger partial charge in [0.2, 0.25) is 5.88 Å². The zero-order valence-corrected chi connectivity index (χ0v) is 17.1. The predicted molar refractivity (Wildman–Crippen MR) is 109 cm³/mol. The Labute approximate surface area is 178 Å².